The summed E-state index contributed by atoms with van der Waals surface area (Å²) in [4.78, 5) is 11.4. The van der Waals surface area contributed by atoms with Crippen LogP contribution >= 0.6 is 0 Å². The van der Waals surface area contributed by atoms with Gasteiger partial charge in [0.15, 0.2) is 8.32 Å². The van der Waals surface area contributed by atoms with E-state index < -0.39 is 20.2 Å². The molecular weight excluding hydrogens is 274 g/mol. The van der Waals surface area contributed by atoms with Crippen molar-refractivity contribution in [3.8, 4) is 0 Å². The number of aliphatic carboxylic acids is 1. The maximum absolute atomic E-state index is 11.4. The Morgan fingerprint density at radius 1 is 1.50 bits per heavy atom. The Balaban J connectivity index is 2.67. The van der Waals surface area contributed by atoms with Crippen LogP contribution in [-0.4, -0.2) is 31.2 Å². The lowest BCUT2D eigenvalue weighted by Gasteiger charge is -2.36. The van der Waals surface area contributed by atoms with Crippen molar-refractivity contribution in [2.45, 2.75) is 52.2 Å². The third-order valence-corrected chi connectivity index (χ3v) is 8.43. The molecule has 0 spiro atoms. The lowest BCUT2D eigenvalue weighted by atomic mass is 10.1. The summed E-state index contributed by atoms with van der Waals surface area (Å²) in [5.41, 5.74) is 0.759. The quantitative estimate of drug-likeness (QED) is 0.816. The fourth-order valence-electron chi connectivity index (χ4n) is 1.50. The smallest absolute Gasteiger partial charge is 0.309 e. The van der Waals surface area contributed by atoms with Gasteiger partial charge in [-0.3, -0.25) is 4.79 Å². The summed E-state index contributed by atoms with van der Waals surface area (Å²) >= 11 is 0. The number of nitrogens with zero attached hydrogens (tertiary/aromatic N) is 1. The molecule has 0 aliphatic rings. The number of rotatable bonds is 6. The van der Waals surface area contributed by atoms with Crippen LogP contribution in [0.15, 0.2) is 10.6 Å². The number of hydrogen-bond acceptors (Lipinski definition) is 4. The third-order valence-electron chi connectivity index (χ3n) is 3.93. The first-order chi connectivity index (χ1) is 9.03. The van der Waals surface area contributed by atoms with Gasteiger partial charge < -0.3 is 14.1 Å². The second-order valence-electron chi connectivity index (χ2n) is 6.75. The lowest BCUT2D eigenvalue weighted by molar-refractivity contribution is -0.143. The molecule has 0 amide bonds. The number of hydrogen-bond donors (Lipinski definition) is 1. The minimum absolute atomic E-state index is 0.0683. The van der Waals surface area contributed by atoms with Gasteiger partial charge >= 0.3 is 5.97 Å². The second-order valence-corrected chi connectivity index (χ2v) is 11.6. The molecule has 0 bridgehead atoms. The van der Waals surface area contributed by atoms with Crippen LogP contribution < -0.4 is 0 Å². The Morgan fingerprint density at radius 2 is 2.10 bits per heavy atom. The fourth-order valence-corrected chi connectivity index (χ4v) is 2.55. The lowest BCUT2D eigenvalue weighted by Crippen LogP contribution is -2.42. The first-order valence-corrected chi connectivity index (χ1v) is 9.73. The highest BCUT2D eigenvalue weighted by Gasteiger charge is 2.38. The van der Waals surface area contributed by atoms with Crippen molar-refractivity contribution in [3.05, 3.63) is 17.5 Å². The Morgan fingerprint density at radius 3 is 2.50 bits per heavy atom. The summed E-state index contributed by atoms with van der Waals surface area (Å²) in [6.45, 7) is 12.7. The van der Waals surface area contributed by atoms with Gasteiger partial charge in [-0.05, 0) is 25.1 Å². The summed E-state index contributed by atoms with van der Waals surface area (Å²) in [6, 6.07) is 1.77. The Kier molecular flexibility index (Phi) is 5.15. The summed E-state index contributed by atoms with van der Waals surface area (Å²) in [5.74, 6) is -0.872. The monoisotopic (exact) mass is 299 g/mol. The third kappa shape index (κ3) is 4.45. The molecule has 1 N–H and O–H groups in total. The van der Waals surface area contributed by atoms with Crippen molar-refractivity contribution in [1.82, 2.24) is 5.16 Å². The first kappa shape index (κ1) is 16.9. The first-order valence-electron chi connectivity index (χ1n) is 6.82. The van der Waals surface area contributed by atoms with Crippen LogP contribution in [0.1, 0.15) is 32.2 Å². The van der Waals surface area contributed by atoms with Crippen LogP contribution in [0.4, 0.5) is 0 Å². The van der Waals surface area contributed by atoms with E-state index in [1.807, 2.05) is 6.92 Å². The van der Waals surface area contributed by atoms with E-state index in [0.717, 1.165) is 5.69 Å². The predicted molar refractivity (Wildman–Crippen MR) is 79.2 cm³/mol. The van der Waals surface area contributed by atoms with E-state index in [1.165, 1.54) is 0 Å². The molecule has 0 saturated heterocycles. The predicted octanol–water partition coefficient (Wildman–Crippen LogP) is 3.25. The molecule has 6 heteroatoms. The van der Waals surface area contributed by atoms with Crippen molar-refractivity contribution in [2.24, 2.45) is 5.92 Å². The van der Waals surface area contributed by atoms with Crippen LogP contribution in [0, 0.1) is 12.8 Å². The molecule has 0 aliphatic heterocycles. The zero-order valence-electron chi connectivity index (χ0n) is 13.2. The minimum atomic E-state index is -1.94. The average molecular weight is 299 g/mol. The van der Waals surface area contributed by atoms with E-state index in [0.29, 0.717) is 12.2 Å². The van der Waals surface area contributed by atoms with Crippen molar-refractivity contribution < 1.29 is 18.9 Å². The summed E-state index contributed by atoms with van der Waals surface area (Å²) < 4.78 is 11.1. The Hall–Kier alpha value is -1.14. The Labute approximate surface area is 121 Å². The van der Waals surface area contributed by atoms with Gasteiger partial charge in [-0.1, -0.05) is 25.9 Å². The fraction of sp³-hybridized carbons (Fsp3) is 0.714. The number of carbonyl (C=O) groups is 1. The number of carboxylic acids is 1. The van der Waals surface area contributed by atoms with E-state index in [4.69, 9.17) is 8.95 Å². The van der Waals surface area contributed by atoms with E-state index in [9.17, 15) is 9.90 Å². The normalized spacial score (nSPS) is 14.3. The maximum atomic E-state index is 11.4. The van der Waals surface area contributed by atoms with E-state index in [1.54, 1.807) is 6.07 Å². The minimum Gasteiger partial charge on any atom is -0.481 e. The van der Waals surface area contributed by atoms with Crippen molar-refractivity contribution in [3.63, 3.8) is 0 Å². The highest BCUT2D eigenvalue weighted by Crippen LogP contribution is 2.36. The summed E-state index contributed by atoms with van der Waals surface area (Å²) in [6.07, 6.45) is 0.310. The average Bonchev–Trinajstić information content (AvgIpc) is 2.68. The van der Waals surface area contributed by atoms with Crippen LogP contribution in [0.3, 0.4) is 0 Å². The van der Waals surface area contributed by atoms with Gasteiger partial charge in [-0.25, -0.2) is 0 Å². The Bertz CT molecular complexity index is 462. The van der Waals surface area contributed by atoms with Crippen LogP contribution in [0.25, 0.3) is 0 Å². The van der Waals surface area contributed by atoms with E-state index in [-0.39, 0.29) is 11.6 Å². The molecule has 0 saturated carbocycles. The maximum Gasteiger partial charge on any atom is 0.309 e. The number of carboxylic acid groups (broad SMARTS) is 1. The molecule has 20 heavy (non-hydrogen) atoms. The molecule has 1 atom stereocenters. The zero-order valence-corrected chi connectivity index (χ0v) is 14.2. The van der Waals surface area contributed by atoms with Gasteiger partial charge in [0.1, 0.15) is 5.76 Å². The molecule has 1 heterocycles. The molecule has 1 unspecified atom stereocenters. The van der Waals surface area contributed by atoms with Crippen LogP contribution in [0.5, 0.6) is 0 Å². The highest BCUT2D eigenvalue weighted by atomic mass is 28.4. The van der Waals surface area contributed by atoms with Crippen LogP contribution in [0.2, 0.25) is 18.1 Å². The molecule has 0 fully saturated rings. The molecule has 1 aromatic rings. The van der Waals surface area contributed by atoms with Crippen molar-refractivity contribution in [1.29, 1.82) is 0 Å². The SMILES string of the molecule is Cc1cc(CC(CO[Si](C)(C)C(C)(C)C)C(=O)O)on1. The molecule has 1 rings (SSSR count). The number of aryl methyl sites for hydroxylation is 1. The molecule has 0 aromatic carbocycles. The largest absolute Gasteiger partial charge is 0.481 e. The molecule has 1 aromatic heterocycles. The van der Waals surface area contributed by atoms with Crippen LogP contribution in [-0.2, 0) is 15.6 Å². The second kappa shape index (κ2) is 6.09. The van der Waals surface area contributed by atoms with Crippen molar-refractivity contribution >= 4 is 14.3 Å². The molecule has 114 valence electrons. The van der Waals surface area contributed by atoms with Gasteiger partial charge in [0.2, 0.25) is 0 Å². The molecular formula is C14H25NO4Si. The molecule has 0 aliphatic carbocycles. The summed E-state index contributed by atoms with van der Waals surface area (Å²) in [7, 11) is -1.94. The zero-order chi connectivity index (χ0) is 15.6. The summed E-state index contributed by atoms with van der Waals surface area (Å²) in [5, 5.41) is 13.2. The highest BCUT2D eigenvalue weighted by molar-refractivity contribution is 6.74. The topological polar surface area (TPSA) is 72.6 Å². The van der Waals surface area contributed by atoms with Gasteiger partial charge in [-0.15, -0.1) is 0 Å². The van der Waals surface area contributed by atoms with Gasteiger partial charge in [0, 0.05) is 19.1 Å². The van der Waals surface area contributed by atoms with Gasteiger partial charge in [0.25, 0.3) is 0 Å². The van der Waals surface area contributed by atoms with Gasteiger partial charge in [0.05, 0.1) is 11.6 Å². The van der Waals surface area contributed by atoms with Crippen molar-refractivity contribution in [2.75, 3.05) is 6.61 Å². The van der Waals surface area contributed by atoms with E-state index in [2.05, 4.69) is 39.0 Å². The molecule has 0 radical (unpaired) electrons. The van der Waals surface area contributed by atoms with Gasteiger partial charge in [-0.2, -0.15) is 0 Å². The standard InChI is InChI=1S/C14H25NO4Si/c1-10-7-12(19-15-10)8-11(13(16)17)9-18-20(5,6)14(2,3)4/h7,11H,8-9H2,1-6H3,(H,16,17). The van der Waals surface area contributed by atoms with E-state index >= 15 is 0 Å². The number of aromatic nitrogens is 1. The molecule has 5 nitrogen and oxygen atoms in total.